The number of anilines is 1. The van der Waals surface area contributed by atoms with Gasteiger partial charge in [0.25, 0.3) is 0 Å². The molecule has 22 heavy (non-hydrogen) atoms. The molecule has 2 heterocycles. The van der Waals surface area contributed by atoms with E-state index in [1.807, 2.05) is 18.2 Å². The summed E-state index contributed by atoms with van der Waals surface area (Å²) < 4.78 is 0. The minimum absolute atomic E-state index is 0.151. The number of hydrogen-bond donors (Lipinski definition) is 1. The van der Waals surface area contributed by atoms with E-state index in [9.17, 15) is 0 Å². The summed E-state index contributed by atoms with van der Waals surface area (Å²) in [6, 6.07) is 18.8. The molecule has 0 saturated heterocycles. The molecule has 2 aliphatic rings. The van der Waals surface area contributed by atoms with E-state index in [-0.39, 0.29) is 5.41 Å². The van der Waals surface area contributed by atoms with E-state index in [1.54, 1.807) is 0 Å². The van der Waals surface area contributed by atoms with Crippen LogP contribution in [0.2, 0.25) is 0 Å². The van der Waals surface area contributed by atoms with Crippen molar-refractivity contribution in [2.45, 2.75) is 25.0 Å². The van der Waals surface area contributed by atoms with Crippen LogP contribution in [0.25, 0.3) is 5.70 Å². The van der Waals surface area contributed by atoms with Crippen LogP contribution in [0, 0.1) is 0 Å². The molecule has 3 heteroatoms. The number of para-hydroxylation sites is 1. The number of nitrogens with one attached hydrogen (secondary N) is 1. The van der Waals surface area contributed by atoms with Crippen LogP contribution in [-0.4, -0.2) is 12.8 Å². The predicted molar refractivity (Wildman–Crippen MR) is 89.2 cm³/mol. The monoisotopic (exact) mass is 292 g/mol. The first-order valence-electron chi connectivity index (χ1n) is 7.62. The second kappa shape index (κ2) is 4.37. The average molecular weight is 292 g/mol. The number of nitrogens with zero attached hydrogens (tertiary/aromatic N) is 1. The molecular weight excluding hydrogens is 272 g/mol. The Bertz CT molecular complexity index is 751. The predicted octanol–water partition coefficient (Wildman–Crippen LogP) is 3.69. The zero-order valence-corrected chi connectivity index (χ0v) is 13.1. The van der Waals surface area contributed by atoms with Gasteiger partial charge in [-0.2, -0.15) is 0 Å². The van der Waals surface area contributed by atoms with Crippen LogP contribution in [0.3, 0.4) is 0 Å². The van der Waals surface area contributed by atoms with Crippen molar-refractivity contribution < 1.29 is 4.84 Å². The Labute approximate surface area is 131 Å². The fourth-order valence-electron chi connectivity index (χ4n) is 3.71. The Hall–Kier alpha value is -2.26. The van der Waals surface area contributed by atoms with Crippen molar-refractivity contribution in [1.82, 2.24) is 5.48 Å². The minimum atomic E-state index is -0.512. The number of hydrogen-bond acceptors (Lipinski definition) is 3. The van der Waals surface area contributed by atoms with Crippen LogP contribution >= 0.6 is 0 Å². The van der Waals surface area contributed by atoms with E-state index >= 15 is 0 Å². The van der Waals surface area contributed by atoms with Gasteiger partial charge in [-0.3, -0.25) is 5.48 Å². The molecule has 0 fully saturated rings. The van der Waals surface area contributed by atoms with Gasteiger partial charge in [-0.1, -0.05) is 62.4 Å². The minimum Gasteiger partial charge on any atom is -0.340 e. The zero-order chi connectivity index (χ0) is 15.4. The molecule has 4 rings (SSSR count). The van der Waals surface area contributed by atoms with Crippen molar-refractivity contribution in [3.8, 4) is 0 Å². The SMILES string of the molecule is CN1c2ccccc2C(C)(C)[C@]12C=C(c1ccccc1)NO2. The molecule has 0 aliphatic carbocycles. The third-order valence-corrected chi connectivity index (χ3v) is 5.07. The maximum absolute atomic E-state index is 6.16. The first-order chi connectivity index (χ1) is 10.6. The van der Waals surface area contributed by atoms with Crippen molar-refractivity contribution in [2.75, 3.05) is 11.9 Å². The topological polar surface area (TPSA) is 24.5 Å². The highest BCUT2D eigenvalue weighted by Gasteiger charge is 2.58. The third-order valence-electron chi connectivity index (χ3n) is 5.07. The molecule has 3 nitrogen and oxygen atoms in total. The molecule has 0 aromatic heterocycles. The van der Waals surface area contributed by atoms with Crippen LogP contribution < -0.4 is 10.4 Å². The Morgan fingerprint density at radius 1 is 0.955 bits per heavy atom. The summed E-state index contributed by atoms with van der Waals surface area (Å²) in [6.45, 7) is 4.48. The van der Waals surface area contributed by atoms with Gasteiger partial charge in [-0.15, -0.1) is 0 Å². The van der Waals surface area contributed by atoms with Gasteiger partial charge in [0.15, 0.2) is 5.72 Å². The lowest BCUT2D eigenvalue weighted by molar-refractivity contribution is -0.0678. The lowest BCUT2D eigenvalue weighted by atomic mass is 9.77. The van der Waals surface area contributed by atoms with Gasteiger partial charge in [0, 0.05) is 18.2 Å². The molecule has 112 valence electrons. The summed E-state index contributed by atoms with van der Waals surface area (Å²) >= 11 is 0. The molecule has 2 aromatic rings. The highest BCUT2D eigenvalue weighted by Crippen LogP contribution is 2.54. The number of benzene rings is 2. The van der Waals surface area contributed by atoms with Gasteiger partial charge in [0.1, 0.15) is 0 Å². The van der Waals surface area contributed by atoms with E-state index < -0.39 is 5.72 Å². The fourth-order valence-corrected chi connectivity index (χ4v) is 3.71. The normalized spacial score (nSPS) is 25.0. The molecule has 1 spiro atoms. The molecule has 1 N–H and O–H groups in total. The van der Waals surface area contributed by atoms with E-state index in [4.69, 9.17) is 4.84 Å². The Morgan fingerprint density at radius 3 is 2.36 bits per heavy atom. The Kier molecular flexibility index (Phi) is 2.66. The first-order valence-corrected chi connectivity index (χ1v) is 7.62. The highest BCUT2D eigenvalue weighted by atomic mass is 16.7. The van der Waals surface area contributed by atoms with Gasteiger partial charge in [0.05, 0.1) is 5.70 Å². The van der Waals surface area contributed by atoms with Crippen molar-refractivity contribution in [3.05, 3.63) is 71.8 Å². The van der Waals surface area contributed by atoms with Gasteiger partial charge in [0.2, 0.25) is 0 Å². The maximum Gasteiger partial charge on any atom is 0.197 e. The molecule has 0 radical (unpaired) electrons. The summed E-state index contributed by atoms with van der Waals surface area (Å²) in [7, 11) is 2.10. The molecule has 2 aliphatic heterocycles. The first kappa shape index (κ1) is 13.4. The van der Waals surface area contributed by atoms with Crippen LogP contribution in [0.4, 0.5) is 5.69 Å². The van der Waals surface area contributed by atoms with Crippen LogP contribution in [-0.2, 0) is 10.3 Å². The number of fused-ring (bicyclic) bond motifs is 1. The number of likely N-dealkylation sites (N-methyl/N-ethyl adjacent to an activating group) is 1. The molecule has 1 atom stereocenters. The quantitative estimate of drug-likeness (QED) is 0.867. The molecular formula is C19H20N2O. The van der Waals surface area contributed by atoms with Crippen molar-refractivity contribution in [2.24, 2.45) is 0 Å². The molecule has 0 bridgehead atoms. The summed E-state index contributed by atoms with van der Waals surface area (Å²) in [5.41, 5.74) is 7.18. The lowest BCUT2D eigenvalue weighted by Crippen LogP contribution is -2.54. The molecule has 0 amide bonds. The fraction of sp³-hybridized carbons (Fsp3) is 0.263. The van der Waals surface area contributed by atoms with Gasteiger partial charge in [-0.25, -0.2) is 4.84 Å². The zero-order valence-electron chi connectivity index (χ0n) is 13.1. The molecule has 0 saturated carbocycles. The molecule has 0 unspecified atom stereocenters. The average Bonchev–Trinajstić information content (AvgIpc) is 3.07. The lowest BCUT2D eigenvalue weighted by Gasteiger charge is -2.39. The number of hydroxylamine groups is 1. The Balaban J connectivity index is 1.85. The largest absolute Gasteiger partial charge is 0.340 e. The van der Waals surface area contributed by atoms with Crippen molar-refractivity contribution >= 4 is 11.4 Å². The van der Waals surface area contributed by atoms with Crippen molar-refractivity contribution in [1.29, 1.82) is 0 Å². The Morgan fingerprint density at radius 2 is 1.64 bits per heavy atom. The second-order valence-corrected chi connectivity index (χ2v) is 6.53. The summed E-state index contributed by atoms with van der Waals surface area (Å²) in [5, 5.41) is 0. The smallest absolute Gasteiger partial charge is 0.197 e. The number of rotatable bonds is 1. The van der Waals surface area contributed by atoms with Crippen LogP contribution in [0.5, 0.6) is 0 Å². The maximum atomic E-state index is 6.16. The van der Waals surface area contributed by atoms with Gasteiger partial charge < -0.3 is 4.90 Å². The van der Waals surface area contributed by atoms with E-state index in [0.717, 1.165) is 11.3 Å². The second-order valence-electron chi connectivity index (χ2n) is 6.53. The summed E-state index contributed by atoms with van der Waals surface area (Å²) in [5.74, 6) is 0. The van der Waals surface area contributed by atoms with E-state index in [0.29, 0.717) is 0 Å². The summed E-state index contributed by atoms with van der Waals surface area (Å²) in [6.07, 6.45) is 2.21. The van der Waals surface area contributed by atoms with E-state index in [1.165, 1.54) is 11.3 Å². The third kappa shape index (κ3) is 1.54. The summed E-state index contributed by atoms with van der Waals surface area (Å²) in [4.78, 5) is 8.39. The van der Waals surface area contributed by atoms with Crippen LogP contribution in [0.1, 0.15) is 25.0 Å². The standard InChI is InChI=1S/C19H20N2O/c1-18(2)15-11-7-8-12-17(15)21(3)19(18)13-16(20-22-19)14-9-5-4-6-10-14/h4-13,20H,1-3H3/t19-/m1/s1. The van der Waals surface area contributed by atoms with Crippen LogP contribution in [0.15, 0.2) is 60.7 Å². The van der Waals surface area contributed by atoms with E-state index in [2.05, 4.69) is 73.7 Å². The molecule has 2 aromatic carbocycles. The highest BCUT2D eigenvalue weighted by molar-refractivity contribution is 5.73. The van der Waals surface area contributed by atoms with Crippen molar-refractivity contribution in [3.63, 3.8) is 0 Å². The van der Waals surface area contributed by atoms with Gasteiger partial charge in [-0.05, 0) is 23.3 Å². The van der Waals surface area contributed by atoms with Gasteiger partial charge >= 0.3 is 0 Å².